The Morgan fingerprint density at radius 2 is 1.71 bits per heavy atom. The molecule has 0 heterocycles. The van der Waals surface area contributed by atoms with E-state index in [0.29, 0.717) is 0 Å². The summed E-state index contributed by atoms with van der Waals surface area (Å²) < 4.78 is 0. The highest BCUT2D eigenvalue weighted by atomic mass is 16.1. The van der Waals surface area contributed by atoms with Gasteiger partial charge in [-0.1, -0.05) is 32.0 Å². The third kappa shape index (κ3) is 2.02. The van der Waals surface area contributed by atoms with Gasteiger partial charge in [-0.05, 0) is 24.0 Å². The first-order valence-electron chi connectivity index (χ1n) is 5.08. The Morgan fingerprint density at radius 1 is 1.21 bits per heavy atom. The van der Waals surface area contributed by atoms with Gasteiger partial charge in [-0.3, -0.25) is 4.79 Å². The Hall–Kier alpha value is -1.15. The van der Waals surface area contributed by atoms with Crippen LogP contribution in [-0.2, 0) is 12.8 Å². The van der Waals surface area contributed by atoms with Gasteiger partial charge in [-0.2, -0.15) is 0 Å². The average molecular weight is 191 g/mol. The van der Waals surface area contributed by atoms with Crippen molar-refractivity contribution in [3.8, 4) is 0 Å². The molecular weight excluding hydrogens is 174 g/mol. The van der Waals surface area contributed by atoms with Gasteiger partial charge in [0.05, 0.1) is 6.54 Å². The van der Waals surface area contributed by atoms with Gasteiger partial charge in [0.2, 0.25) is 0 Å². The molecule has 0 unspecified atom stereocenters. The molecule has 0 radical (unpaired) electrons. The van der Waals surface area contributed by atoms with Crippen molar-refractivity contribution >= 4 is 5.78 Å². The first-order chi connectivity index (χ1) is 6.74. The minimum Gasteiger partial charge on any atom is -0.324 e. The van der Waals surface area contributed by atoms with Crippen LogP contribution in [-0.4, -0.2) is 12.3 Å². The molecule has 2 heteroatoms. The van der Waals surface area contributed by atoms with Crippen LogP contribution in [0.3, 0.4) is 0 Å². The number of hydrogen-bond acceptors (Lipinski definition) is 2. The lowest BCUT2D eigenvalue weighted by Crippen LogP contribution is -2.17. The summed E-state index contributed by atoms with van der Waals surface area (Å²) in [6, 6.07) is 6.01. The molecule has 1 aromatic carbocycles. The third-order valence-electron chi connectivity index (χ3n) is 2.46. The summed E-state index contributed by atoms with van der Waals surface area (Å²) in [4.78, 5) is 11.6. The minimum absolute atomic E-state index is 0.0549. The SMILES string of the molecule is CCc1cccc(CC)c1C(=O)CN. The highest BCUT2D eigenvalue weighted by Crippen LogP contribution is 2.16. The monoisotopic (exact) mass is 191 g/mol. The van der Waals surface area contributed by atoms with E-state index in [1.165, 1.54) is 0 Å². The third-order valence-corrected chi connectivity index (χ3v) is 2.46. The fourth-order valence-electron chi connectivity index (χ4n) is 1.70. The molecule has 0 aromatic heterocycles. The molecule has 0 fully saturated rings. The van der Waals surface area contributed by atoms with Gasteiger partial charge in [0, 0.05) is 5.56 Å². The van der Waals surface area contributed by atoms with E-state index >= 15 is 0 Å². The van der Waals surface area contributed by atoms with Crippen molar-refractivity contribution < 1.29 is 4.79 Å². The molecule has 0 bridgehead atoms. The second-order valence-corrected chi connectivity index (χ2v) is 3.29. The van der Waals surface area contributed by atoms with E-state index in [-0.39, 0.29) is 12.3 Å². The molecule has 1 aromatic rings. The molecule has 2 nitrogen and oxygen atoms in total. The second-order valence-electron chi connectivity index (χ2n) is 3.29. The molecule has 0 aliphatic rings. The standard InChI is InChI=1S/C12H17NO/c1-3-9-6-5-7-10(4-2)12(9)11(14)8-13/h5-7H,3-4,8,13H2,1-2H3. The van der Waals surface area contributed by atoms with Crippen LogP contribution in [0, 0.1) is 0 Å². The average Bonchev–Trinajstić information content (AvgIpc) is 2.26. The van der Waals surface area contributed by atoms with E-state index < -0.39 is 0 Å². The maximum absolute atomic E-state index is 11.6. The number of carbonyl (C=O) groups excluding carboxylic acids is 1. The molecule has 76 valence electrons. The van der Waals surface area contributed by atoms with Gasteiger partial charge in [0.25, 0.3) is 0 Å². The summed E-state index contributed by atoms with van der Waals surface area (Å²) in [5.41, 5.74) is 8.47. The van der Waals surface area contributed by atoms with Crippen LogP contribution in [0.1, 0.15) is 35.3 Å². The van der Waals surface area contributed by atoms with E-state index in [9.17, 15) is 4.79 Å². The molecule has 0 aliphatic heterocycles. The fourth-order valence-corrected chi connectivity index (χ4v) is 1.70. The fraction of sp³-hybridized carbons (Fsp3) is 0.417. The summed E-state index contributed by atoms with van der Waals surface area (Å²) in [7, 11) is 0. The maximum atomic E-state index is 11.6. The van der Waals surface area contributed by atoms with E-state index in [1.54, 1.807) is 0 Å². The Labute approximate surface area is 85.1 Å². The van der Waals surface area contributed by atoms with Crippen molar-refractivity contribution in [2.24, 2.45) is 5.73 Å². The van der Waals surface area contributed by atoms with E-state index in [4.69, 9.17) is 5.73 Å². The lowest BCUT2D eigenvalue weighted by atomic mass is 9.94. The Bertz CT molecular complexity index is 309. The van der Waals surface area contributed by atoms with Crippen molar-refractivity contribution in [1.82, 2.24) is 0 Å². The van der Waals surface area contributed by atoms with Gasteiger partial charge in [0.1, 0.15) is 0 Å². The molecule has 2 N–H and O–H groups in total. The maximum Gasteiger partial charge on any atom is 0.176 e. The van der Waals surface area contributed by atoms with Crippen LogP contribution < -0.4 is 5.73 Å². The van der Waals surface area contributed by atoms with Crippen LogP contribution in [0.15, 0.2) is 18.2 Å². The zero-order chi connectivity index (χ0) is 10.6. The van der Waals surface area contributed by atoms with Gasteiger partial charge in [-0.15, -0.1) is 0 Å². The van der Waals surface area contributed by atoms with E-state index in [1.807, 2.05) is 18.2 Å². The molecule has 0 spiro atoms. The van der Waals surface area contributed by atoms with Crippen molar-refractivity contribution in [3.63, 3.8) is 0 Å². The summed E-state index contributed by atoms with van der Waals surface area (Å²) >= 11 is 0. The predicted molar refractivity (Wildman–Crippen MR) is 58.6 cm³/mol. The topological polar surface area (TPSA) is 43.1 Å². The van der Waals surface area contributed by atoms with E-state index in [2.05, 4.69) is 13.8 Å². The number of carbonyl (C=O) groups is 1. The minimum atomic E-state index is 0.0549. The van der Waals surface area contributed by atoms with Crippen LogP contribution >= 0.6 is 0 Å². The lowest BCUT2D eigenvalue weighted by molar-refractivity contribution is 0.0999. The zero-order valence-corrected chi connectivity index (χ0v) is 8.84. The molecule has 0 aliphatic carbocycles. The zero-order valence-electron chi connectivity index (χ0n) is 8.84. The summed E-state index contributed by atoms with van der Waals surface area (Å²) in [5.74, 6) is 0.0549. The van der Waals surface area contributed by atoms with Crippen molar-refractivity contribution in [2.45, 2.75) is 26.7 Å². The molecule has 0 amide bonds. The Balaban J connectivity index is 3.25. The number of aryl methyl sites for hydroxylation is 2. The Morgan fingerprint density at radius 3 is 2.07 bits per heavy atom. The molecule has 0 saturated heterocycles. The molecular formula is C12H17NO. The van der Waals surface area contributed by atoms with Crippen LogP contribution in [0.25, 0.3) is 0 Å². The summed E-state index contributed by atoms with van der Waals surface area (Å²) in [6.07, 6.45) is 1.77. The first-order valence-corrected chi connectivity index (χ1v) is 5.08. The van der Waals surface area contributed by atoms with Crippen molar-refractivity contribution in [3.05, 3.63) is 34.9 Å². The number of benzene rings is 1. The van der Waals surface area contributed by atoms with Crippen LogP contribution in [0.5, 0.6) is 0 Å². The van der Waals surface area contributed by atoms with Crippen molar-refractivity contribution in [1.29, 1.82) is 0 Å². The van der Waals surface area contributed by atoms with Crippen molar-refractivity contribution in [2.75, 3.05) is 6.54 Å². The van der Waals surface area contributed by atoms with Gasteiger partial charge in [0.15, 0.2) is 5.78 Å². The van der Waals surface area contributed by atoms with Gasteiger partial charge >= 0.3 is 0 Å². The largest absolute Gasteiger partial charge is 0.324 e. The second kappa shape index (κ2) is 4.91. The Kier molecular flexibility index (Phi) is 3.84. The van der Waals surface area contributed by atoms with Crippen LogP contribution in [0.2, 0.25) is 0 Å². The van der Waals surface area contributed by atoms with Crippen LogP contribution in [0.4, 0.5) is 0 Å². The number of rotatable bonds is 4. The smallest absolute Gasteiger partial charge is 0.176 e. The van der Waals surface area contributed by atoms with E-state index in [0.717, 1.165) is 29.5 Å². The lowest BCUT2D eigenvalue weighted by Gasteiger charge is -2.10. The van der Waals surface area contributed by atoms with Gasteiger partial charge in [-0.25, -0.2) is 0 Å². The quantitative estimate of drug-likeness (QED) is 0.739. The number of Topliss-reactive ketones (excluding diaryl/α,β-unsaturated/α-hetero) is 1. The first kappa shape index (κ1) is 10.9. The highest BCUT2D eigenvalue weighted by molar-refractivity contribution is 6.00. The normalized spacial score (nSPS) is 10.2. The molecule has 1 rings (SSSR count). The van der Waals surface area contributed by atoms with Gasteiger partial charge < -0.3 is 5.73 Å². The molecule has 0 saturated carbocycles. The predicted octanol–water partition coefficient (Wildman–Crippen LogP) is 1.95. The highest BCUT2D eigenvalue weighted by Gasteiger charge is 2.12. The molecule has 14 heavy (non-hydrogen) atoms. The summed E-state index contributed by atoms with van der Waals surface area (Å²) in [5, 5.41) is 0. The number of hydrogen-bond donors (Lipinski definition) is 1. The summed E-state index contributed by atoms with van der Waals surface area (Å²) in [6.45, 7) is 4.22. The number of ketones is 1. The molecule has 0 atom stereocenters. The number of nitrogens with two attached hydrogens (primary N) is 1.